The summed E-state index contributed by atoms with van der Waals surface area (Å²) in [5.41, 5.74) is 1.73. The van der Waals surface area contributed by atoms with Crippen LogP contribution in [-0.4, -0.2) is 49.0 Å². The number of aromatic nitrogens is 2. The van der Waals surface area contributed by atoms with Crippen molar-refractivity contribution < 1.29 is 17.5 Å². The monoisotopic (exact) mass is 525 g/mol. The molecule has 0 saturated carbocycles. The minimum atomic E-state index is -3.75. The molecule has 2 fully saturated rings. The Morgan fingerprint density at radius 3 is 2.55 bits per heavy atom. The lowest BCUT2D eigenvalue weighted by atomic mass is 10.0. The van der Waals surface area contributed by atoms with Crippen LogP contribution < -0.4 is 0 Å². The van der Waals surface area contributed by atoms with Gasteiger partial charge in [-0.25, -0.2) is 17.8 Å². The number of benzene rings is 2. The average Bonchev–Trinajstić information content (AvgIpc) is 3.46. The number of halogens is 3. The molecular weight excluding hydrogens is 509 g/mol. The van der Waals surface area contributed by atoms with Crippen molar-refractivity contribution >= 4 is 37.6 Å². The zero-order valence-electron chi connectivity index (χ0n) is 16.2. The van der Waals surface area contributed by atoms with Gasteiger partial charge in [-0.1, -0.05) is 17.7 Å². The second-order valence-corrected chi connectivity index (χ2v) is 11.0. The van der Waals surface area contributed by atoms with Crippen molar-refractivity contribution in [3.8, 4) is 22.6 Å². The van der Waals surface area contributed by atoms with Gasteiger partial charge in [-0.05, 0) is 46.3 Å². The summed E-state index contributed by atoms with van der Waals surface area (Å²) in [5, 5.41) is 0.166. The van der Waals surface area contributed by atoms with E-state index in [2.05, 4.69) is 25.9 Å². The summed E-state index contributed by atoms with van der Waals surface area (Å²) >= 11 is 9.43. The first-order chi connectivity index (χ1) is 14.8. The van der Waals surface area contributed by atoms with Gasteiger partial charge in [-0.15, -0.1) is 0 Å². The molecule has 3 heterocycles. The highest BCUT2D eigenvalue weighted by molar-refractivity contribution is 9.10. The van der Waals surface area contributed by atoms with E-state index in [9.17, 15) is 12.8 Å². The van der Waals surface area contributed by atoms with Gasteiger partial charge in [0.15, 0.2) is 0 Å². The van der Waals surface area contributed by atoms with Crippen LogP contribution >= 0.6 is 27.5 Å². The van der Waals surface area contributed by atoms with Crippen molar-refractivity contribution in [2.24, 2.45) is 11.8 Å². The number of rotatable bonds is 4. The Kier molecular flexibility index (Phi) is 5.42. The van der Waals surface area contributed by atoms with Gasteiger partial charge in [0.05, 0.1) is 28.4 Å². The smallest absolute Gasteiger partial charge is 0.244 e. The molecule has 31 heavy (non-hydrogen) atoms. The van der Waals surface area contributed by atoms with E-state index < -0.39 is 10.0 Å². The van der Waals surface area contributed by atoms with Gasteiger partial charge in [0.25, 0.3) is 0 Å². The third-order valence-electron chi connectivity index (χ3n) is 5.82. The molecule has 2 aliphatic heterocycles. The Hall–Kier alpha value is -1.78. The molecule has 1 N–H and O–H groups in total. The predicted octanol–water partition coefficient (Wildman–Crippen LogP) is 4.57. The van der Waals surface area contributed by atoms with Crippen LogP contribution in [0.2, 0.25) is 5.02 Å². The van der Waals surface area contributed by atoms with E-state index in [1.807, 2.05) is 0 Å². The number of H-pyrrole nitrogens is 1. The van der Waals surface area contributed by atoms with Crippen LogP contribution in [0.5, 0.6) is 0 Å². The number of fused-ring (bicyclic) bond motifs is 1. The van der Waals surface area contributed by atoms with Crippen LogP contribution in [0, 0.1) is 17.7 Å². The molecule has 2 aromatic carbocycles. The standard InChI is InChI=1S/C21H18BrClFN3O3S/c22-16-3-1-12(5-18(16)24)19-7-25-21(26-19)13-2-4-17(23)20(6-13)31(28,29)27-8-14-10-30-11-15(14)9-27/h1-7,14-15H,8-11H2,(H,25,26). The molecular formula is C21H18BrClFN3O3S. The molecule has 1 aromatic heterocycles. The molecule has 2 aliphatic rings. The van der Waals surface area contributed by atoms with E-state index in [1.54, 1.807) is 30.5 Å². The minimum absolute atomic E-state index is 0.0557. The highest BCUT2D eigenvalue weighted by atomic mass is 79.9. The van der Waals surface area contributed by atoms with E-state index in [0.29, 0.717) is 53.4 Å². The van der Waals surface area contributed by atoms with E-state index in [4.69, 9.17) is 16.3 Å². The third kappa shape index (κ3) is 3.82. The lowest BCUT2D eigenvalue weighted by Gasteiger charge is -2.18. The van der Waals surface area contributed by atoms with Crippen LogP contribution in [-0.2, 0) is 14.8 Å². The van der Waals surface area contributed by atoms with Gasteiger partial charge < -0.3 is 9.72 Å². The Bertz CT molecular complexity index is 1250. The summed E-state index contributed by atoms with van der Waals surface area (Å²) in [6.45, 7) is 2.06. The van der Waals surface area contributed by atoms with Gasteiger partial charge in [-0.2, -0.15) is 4.31 Å². The Balaban J connectivity index is 1.46. The number of hydrogen-bond acceptors (Lipinski definition) is 4. The van der Waals surface area contributed by atoms with Gasteiger partial charge >= 0.3 is 0 Å². The van der Waals surface area contributed by atoms with E-state index in [1.165, 1.54) is 16.4 Å². The van der Waals surface area contributed by atoms with E-state index in [0.717, 1.165) is 0 Å². The van der Waals surface area contributed by atoms with Crippen LogP contribution in [0.3, 0.4) is 0 Å². The molecule has 3 aromatic rings. The Morgan fingerprint density at radius 1 is 1.13 bits per heavy atom. The highest BCUT2D eigenvalue weighted by Crippen LogP contribution is 2.36. The van der Waals surface area contributed by atoms with E-state index >= 15 is 0 Å². The molecule has 2 unspecified atom stereocenters. The number of ether oxygens (including phenoxy) is 1. The number of nitrogens with one attached hydrogen (secondary N) is 1. The highest BCUT2D eigenvalue weighted by Gasteiger charge is 2.42. The number of imidazole rings is 1. The first-order valence-corrected chi connectivity index (χ1v) is 12.3. The summed E-state index contributed by atoms with van der Waals surface area (Å²) < 4.78 is 47.8. The summed E-state index contributed by atoms with van der Waals surface area (Å²) in [6.07, 6.45) is 1.66. The van der Waals surface area contributed by atoms with Crippen molar-refractivity contribution in [1.29, 1.82) is 0 Å². The van der Waals surface area contributed by atoms with Crippen molar-refractivity contribution in [2.75, 3.05) is 26.3 Å². The molecule has 0 aliphatic carbocycles. The predicted molar refractivity (Wildman–Crippen MR) is 119 cm³/mol. The Morgan fingerprint density at radius 2 is 1.84 bits per heavy atom. The van der Waals surface area contributed by atoms with Crippen molar-refractivity contribution in [1.82, 2.24) is 14.3 Å². The minimum Gasteiger partial charge on any atom is -0.381 e. The van der Waals surface area contributed by atoms with E-state index in [-0.39, 0.29) is 27.6 Å². The fourth-order valence-electron chi connectivity index (χ4n) is 4.10. The van der Waals surface area contributed by atoms with Crippen molar-refractivity contribution in [3.05, 3.63) is 57.9 Å². The van der Waals surface area contributed by atoms with Crippen molar-refractivity contribution in [3.63, 3.8) is 0 Å². The van der Waals surface area contributed by atoms with Gasteiger partial charge in [0, 0.05) is 42.2 Å². The van der Waals surface area contributed by atoms with Crippen LogP contribution in [0.4, 0.5) is 4.39 Å². The molecule has 2 atom stereocenters. The second-order valence-electron chi connectivity index (χ2n) is 7.79. The number of nitrogens with zero attached hydrogens (tertiary/aromatic N) is 2. The topological polar surface area (TPSA) is 75.3 Å². The first kappa shape index (κ1) is 21.1. The summed E-state index contributed by atoms with van der Waals surface area (Å²) in [7, 11) is -3.75. The largest absolute Gasteiger partial charge is 0.381 e. The van der Waals surface area contributed by atoms with Crippen molar-refractivity contribution in [2.45, 2.75) is 4.90 Å². The summed E-state index contributed by atoms with van der Waals surface area (Å²) in [6, 6.07) is 9.55. The van der Waals surface area contributed by atoms with Crippen LogP contribution in [0.1, 0.15) is 0 Å². The first-order valence-electron chi connectivity index (χ1n) is 9.71. The molecule has 2 saturated heterocycles. The lowest BCUT2D eigenvalue weighted by Crippen LogP contribution is -2.30. The zero-order chi connectivity index (χ0) is 21.8. The quantitative estimate of drug-likeness (QED) is 0.541. The molecule has 6 nitrogen and oxygen atoms in total. The molecule has 0 radical (unpaired) electrons. The fraction of sp³-hybridized carbons (Fsp3) is 0.286. The fourth-order valence-corrected chi connectivity index (χ4v) is 6.40. The SMILES string of the molecule is O=S(=O)(c1cc(-c2nc(-c3ccc(Br)c(F)c3)c[nH]2)ccc1Cl)N1CC2COCC2C1. The lowest BCUT2D eigenvalue weighted by molar-refractivity contribution is 0.168. The maximum atomic E-state index is 13.9. The Labute approximate surface area is 192 Å². The molecule has 10 heteroatoms. The van der Waals surface area contributed by atoms with Crippen LogP contribution in [0.15, 0.2) is 52.0 Å². The summed E-state index contributed by atoms with van der Waals surface area (Å²) in [5.74, 6) is 0.548. The van der Waals surface area contributed by atoms with Gasteiger partial charge in [0.1, 0.15) is 16.5 Å². The van der Waals surface area contributed by atoms with Crippen LogP contribution in [0.25, 0.3) is 22.6 Å². The number of aromatic amines is 1. The molecule has 0 amide bonds. The number of sulfonamides is 1. The normalized spacial score (nSPS) is 21.5. The number of hydrogen-bond donors (Lipinski definition) is 1. The molecule has 5 rings (SSSR count). The third-order valence-corrected chi connectivity index (χ3v) is 8.78. The summed E-state index contributed by atoms with van der Waals surface area (Å²) in [4.78, 5) is 7.61. The maximum Gasteiger partial charge on any atom is 0.244 e. The maximum absolute atomic E-state index is 13.9. The molecule has 0 spiro atoms. The van der Waals surface area contributed by atoms with Gasteiger partial charge in [-0.3, -0.25) is 0 Å². The van der Waals surface area contributed by atoms with Gasteiger partial charge in [0.2, 0.25) is 10.0 Å². The second kappa shape index (κ2) is 7.97. The molecule has 162 valence electrons. The molecule has 0 bridgehead atoms. The average molecular weight is 527 g/mol. The zero-order valence-corrected chi connectivity index (χ0v) is 19.3.